The quantitative estimate of drug-likeness (QED) is 0.760. The van der Waals surface area contributed by atoms with Crippen LogP contribution in [0.25, 0.3) is 10.9 Å². The van der Waals surface area contributed by atoms with E-state index >= 15 is 0 Å². The molecule has 0 fully saturated rings. The summed E-state index contributed by atoms with van der Waals surface area (Å²) in [6.45, 7) is 1.62. The van der Waals surface area contributed by atoms with Crippen LogP contribution in [0.15, 0.2) is 29.3 Å². The number of nitrogen functional groups attached to an aromatic ring is 1. The van der Waals surface area contributed by atoms with Crippen molar-refractivity contribution in [2.75, 3.05) is 11.5 Å². The molecule has 5 heteroatoms. The molecule has 0 aliphatic rings. The summed E-state index contributed by atoms with van der Waals surface area (Å²) in [5.74, 6) is 0.0801. The van der Waals surface area contributed by atoms with Crippen LogP contribution >= 0.6 is 0 Å². The Kier molecular flexibility index (Phi) is 2.19. The van der Waals surface area contributed by atoms with Gasteiger partial charge < -0.3 is 10.7 Å². The highest BCUT2D eigenvalue weighted by Crippen LogP contribution is 2.26. The third-order valence-electron chi connectivity index (χ3n) is 2.37. The number of rotatable bonds is 2. The van der Waals surface area contributed by atoms with E-state index in [0.717, 1.165) is 5.52 Å². The van der Waals surface area contributed by atoms with Crippen molar-refractivity contribution in [2.24, 2.45) is 0 Å². The maximum absolute atomic E-state index is 11.8. The minimum Gasteiger partial charge on any atom is -0.399 e. The van der Waals surface area contributed by atoms with E-state index in [4.69, 9.17) is 5.73 Å². The number of hydrogen-bond acceptors (Lipinski definition) is 3. The van der Waals surface area contributed by atoms with Crippen molar-refractivity contribution in [3.8, 4) is 0 Å². The standard InChI is InChI=1S/C10H12N2O2S/c1-2-15(13,14)10-6-7(11)5-9-8(10)3-4-12-9/h3-6,12H,2,11H2,1H3. The smallest absolute Gasteiger partial charge is 0.178 e. The van der Waals surface area contributed by atoms with Crippen molar-refractivity contribution >= 4 is 26.4 Å². The van der Waals surface area contributed by atoms with Gasteiger partial charge in [0, 0.05) is 22.8 Å². The van der Waals surface area contributed by atoms with Crippen LogP contribution in [0.3, 0.4) is 0 Å². The molecule has 0 saturated heterocycles. The first-order chi connectivity index (χ1) is 7.04. The molecule has 1 heterocycles. The molecular formula is C10H12N2O2S. The predicted octanol–water partition coefficient (Wildman–Crippen LogP) is 1.54. The summed E-state index contributed by atoms with van der Waals surface area (Å²) >= 11 is 0. The molecule has 0 radical (unpaired) electrons. The molecule has 0 saturated carbocycles. The van der Waals surface area contributed by atoms with Crippen molar-refractivity contribution in [1.29, 1.82) is 0 Å². The number of aromatic nitrogens is 1. The van der Waals surface area contributed by atoms with Gasteiger partial charge in [-0.1, -0.05) is 6.92 Å². The van der Waals surface area contributed by atoms with Crippen LogP contribution in [0.2, 0.25) is 0 Å². The second kappa shape index (κ2) is 3.27. The molecule has 3 N–H and O–H groups in total. The van der Waals surface area contributed by atoms with Gasteiger partial charge in [0.1, 0.15) is 0 Å². The van der Waals surface area contributed by atoms with Crippen molar-refractivity contribution in [3.63, 3.8) is 0 Å². The minimum atomic E-state index is -3.22. The zero-order valence-corrected chi connectivity index (χ0v) is 9.14. The third-order valence-corrected chi connectivity index (χ3v) is 4.14. The van der Waals surface area contributed by atoms with E-state index in [-0.39, 0.29) is 5.75 Å². The molecule has 0 aliphatic heterocycles. The Hall–Kier alpha value is -1.49. The van der Waals surface area contributed by atoms with Crippen molar-refractivity contribution in [2.45, 2.75) is 11.8 Å². The minimum absolute atomic E-state index is 0.0801. The molecule has 0 atom stereocenters. The van der Waals surface area contributed by atoms with Crippen molar-refractivity contribution in [1.82, 2.24) is 4.98 Å². The average Bonchev–Trinajstić information content (AvgIpc) is 2.63. The maximum atomic E-state index is 11.8. The fraction of sp³-hybridized carbons (Fsp3) is 0.200. The second-order valence-corrected chi connectivity index (χ2v) is 5.61. The number of aromatic amines is 1. The molecule has 1 aromatic heterocycles. The second-order valence-electron chi connectivity index (χ2n) is 3.36. The zero-order valence-electron chi connectivity index (χ0n) is 8.32. The van der Waals surface area contributed by atoms with E-state index in [9.17, 15) is 8.42 Å². The lowest BCUT2D eigenvalue weighted by Gasteiger charge is -2.04. The van der Waals surface area contributed by atoms with E-state index in [0.29, 0.717) is 16.0 Å². The van der Waals surface area contributed by atoms with Gasteiger partial charge in [0.25, 0.3) is 0 Å². The van der Waals surface area contributed by atoms with Crippen LogP contribution in [0.1, 0.15) is 6.92 Å². The number of benzene rings is 1. The number of anilines is 1. The van der Waals surface area contributed by atoms with Gasteiger partial charge in [-0.25, -0.2) is 8.42 Å². The Balaban J connectivity index is 2.85. The highest BCUT2D eigenvalue weighted by atomic mass is 32.2. The SMILES string of the molecule is CCS(=O)(=O)c1cc(N)cc2[nH]ccc12. The van der Waals surface area contributed by atoms with Crippen LogP contribution in [-0.2, 0) is 9.84 Å². The highest BCUT2D eigenvalue weighted by molar-refractivity contribution is 7.91. The number of nitrogens with two attached hydrogens (primary N) is 1. The predicted molar refractivity (Wildman–Crippen MR) is 60.4 cm³/mol. The summed E-state index contributed by atoms with van der Waals surface area (Å²) in [6, 6.07) is 4.98. The van der Waals surface area contributed by atoms with E-state index in [2.05, 4.69) is 4.98 Å². The van der Waals surface area contributed by atoms with Gasteiger partial charge in [-0.2, -0.15) is 0 Å². The summed E-state index contributed by atoms with van der Waals surface area (Å²) in [5, 5.41) is 0.700. The van der Waals surface area contributed by atoms with Crippen LogP contribution in [-0.4, -0.2) is 19.2 Å². The van der Waals surface area contributed by atoms with Gasteiger partial charge in [-0.05, 0) is 18.2 Å². The Morgan fingerprint density at radius 1 is 1.40 bits per heavy atom. The monoisotopic (exact) mass is 224 g/mol. The van der Waals surface area contributed by atoms with Gasteiger partial charge in [0.05, 0.1) is 10.6 Å². The first-order valence-corrected chi connectivity index (χ1v) is 6.29. The first-order valence-electron chi connectivity index (χ1n) is 4.64. The maximum Gasteiger partial charge on any atom is 0.178 e. The van der Waals surface area contributed by atoms with Crippen LogP contribution < -0.4 is 5.73 Å². The molecule has 4 nitrogen and oxygen atoms in total. The van der Waals surface area contributed by atoms with Gasteiger partial charge in [-0.3, -0.25) is 0 Å². The Bertz CT molecular complexity index is 599. The molecule has 0 spiro atoms. The fourth-order valence-corrected chi connectivity index (χ4v) is 2.71. The highest BCUT2D eigenvalue weighted by Gasteiger charge is 2.16. The van der Waals surface area contributed by atoms with E-state index in [1.165, 1.54) is 6.07 Å². The van der Waals surface area contributed by atoms with E-state index < -0.39 is 9.84 Å². The molecule has 0 bridgehead atoms. The molecule has 15 heavy (non-hydrogen) atoms. The molecule has 80 valence electrons. The largest absolute Gasteiger partial charge is 0.399 e. The van der Waals surface area contributed by atoms with E-state index in [1.54, 1.807) is 25.3 Å². The topological polar surface area (TPSA) is 75.9 Å². The molecule has 2 aromatic rings. The summed E-state index contributed by atoms with van der Waals surface area (Å²) in [4.78, 5) is 3.26. The van der Waals surface area contributed by atoms with Gasteiger partial charge >= 0.3 is 0 Å². The van der Waals surface area contributed by atoms with Crippen molar-refractivity contribution < 1.29 is 8.42 Å². The van der Waals surface area contributed by atoms with Crippen LogP contribution in [0, 0.1) is 0 Å². The zero-order chi connectivity index (χ0) is 11.1. The lowest BCUT2D eigenvalue weighted by Crippen LogP contribution is -2.04. The Labute approximate surface area is 88.0 Å². The lowest BCUT2D eigenvalue weighted by atomic mass is 10.2. The average molecular weight is 224 g/mol. The van der Waals surface area contributed by atoms with E-state index in [1.807, 2.05) is 0 Å². The molecule has 0 aliphatic carbocycles. The molecule has 2 rings (SSSR count). The first kappa shape index (κ1) is 10.0. The van der Waals surface area contributed by atoms with Gasteiger partial charge in [0.15, 0.2) is 9.84 Å². The normalized spacial score (nSPS) is 12.1. The third kappa shape index (κ3) is 1.59. The lowest BCUT2D eigenvalue weighted by molar-refractivity contribution is 0.598. The molecule has 0 unspecified atom stereocenters. The fourth-order valence-electron chi connectivity index (χ4n) is 1.57. The van der Waals surface area contributed by atoms with Crippen LogP contribution in [0.4, 0.5) is 5.69 Å². The Morgan fingerprint density at radius 2 is 2.13 bits per heavy atom. The summed E-state index contributed by atoms with van der Waals surface area (Å²) in [7, 11) is -3.22. The van der Waals surface area contributed by atoms with Crippen molar-refractivity contribution in [3.05, 3.63) is 24.4 Å². The number of nitrogens with one attached hydrogen (secondary N) is 1. The van der Waals surface area contributed by atoms with Crippen LogP contribution in [0.5, 0.6) is 0 Å². The van der Waals surface area contributed by atoms with Gasteiger partial charge in [-0.15, -0.1) is 0 Å². The Morgan fingerprint density at radius 3 is 2.80 bits per heavy atom. The number of fused-ring (bicyclic) bond motifs is 1. The summed E-state index contributed by atoms with van der Waals surface area (Å²) in [5.41, 5.74) is 6.86. The number of hydrogen-bond donors (Lipinski definition) is 2. The molecule has 1 aromatic carbocycles. The summed E-state index contributed by atoms with van der Waals surface area (Å²) in [6.07, 6.45) is 1.71. The molecule has 0 amide bonds. The van der Waals surface area contributed by atoms with Gasteiger partial charge in [0.2, 0.25) is 0 Å². The number of sulfone groups is 1. The number of H-pyrrole nitrogens is 1. The summed E-state index contributed by atoms with van der Waals surface area (Å²) < 4.78 is 23.6. The molecular weight excluding hydrogens is 212 g/mol.